The van der Waals surface area contributed by atoms with Crippen molar-refractivity contribution >= 4 is 0 Å². The number of aliphatic hydroxyl groups is 1. The number of benzene rings is 2. The Kier molecular flexibility index (Phi) is 7.67. The van der Waals surface area contributed by atoms with Crippen LogP contribution in [0.15, 0.2) is 24.3 Å². The van der Waals surface area contributed by atoms with Crippen LogP contribution in [0.3, 0.4) is 0 Å². The Morgan fingerprint density at radius 2 is 1.20 bits per heavy atom. The van der Waals surface area contributed by atoms with E-state index in [4.69, 9.17) is 23.7 Å². The predicted octanol–water partition coefficient (Wildman–Crippen LogP) is 3.61. The summed E-state index contributed by atoms with van der Waals surface area (Å²) in [6, 6.07) is 7.19. The molecule has 7 heteroatoms. The maximum Gasteiger partial charge on any atom is 0.203 e. The molecule has 0 heterocycles. The van der Waals surface area contributed by atoms with E-state index in [0.717, 1.165) is 11.1 Å². The zero-order chi connectivity index (χ0) is 22.5. The molecule has 2 N–H and O–H groups in total. The minimum atomic E-state index is -1.02. The highest BCUT2D eigenvalue weighted by atomic mass is 16.5. The third-order valence-corrected chi connectivity index (χ3v) is 5.43. The summed E-state index contributed by atoms with van der Waals surface area (Å²) in [4.78, 5) is 0. The van der Waals surface area contributed by atoms with Gasteiger partial charge in [-0.2, -0.15) is 0 Å². The Balaban J connectivity index is 2.27. The average molecular weight is 421 g/mol. The molecule has 0 bridgehead atoms. The van der Waals surface area contributed by atoms with Gasteiger partial charge in [0.25, 0.3) is 0 Å². The summed E-state index contributed by atoms with van der Waals surface area (Å²) in [6.45, 7) is 3.78. The van der Waals surface area contributed by atoms with Crippen LogP contribution in [-0.4, -0.2) is 51.4 Å². The van der Waals surface area contributed by atoms with Crippen molar-refractivity contribution in [1.29, 1.82) is 0 Å². The van der Waals surface area contributed by atoms with E-state index < -0.39 is 5.60 Å². The molecule has 0 saturated heterocycles. The number of hydrogen-bond donors (Lipinski definition) is 2. The van der Waals surface area contributed by atoms with Gasteiger partial charge in [0.15, 0.2) is 23.0 Å². The molecule has 166 valence electrons. The average Bonchev–Trinajstić information content (AvgIpc) is 2.73. The molecule has 0 aromatic heterocycles. The summed E-state index contributed by atoms with van der Waals surface area (Å²) < 4.78 is 26.7. The first-order valence-corrected chi connectivity index (χ1v) is 9.65. The lowest BCUT2D eigenvalue weighted by Gasteiger charge is -2.31. The van der Waals surface area contributed by atoms with Gasteiger partial charge >= 0.3 is 0 Å². The third kappa shape index (κ3) is 5.02. The van der Waals surface area contributed by atoms with Crippen LogP contribution in [0.4, 0.5) is 0 Å². The number of phenolic OH excluding ortho intramolecular Hbond substituents is 1. The summed E-state index contributed by atoms with van der Waals surface area (Å²) in [5.41, 5.74) is 0.726. The smallest absolute Gasteiger partial charge is 0.203 e. The molecule has 0 aliphatic heterocycles. The molecule has 0 amide bonds. The summed E-state index contributed by atoms with van der Waals surface area (Å²) >= 11 is 0. The van der Waals surface area contributed by atoms with Crippen LogP contribution in [-0.2, 0) is 12.8 Å². The number of hydrogen-bond acceptors (Lipinski definition) is 7. The lowest BCUT2D eigenvalue weighted by Crippen LogP contribution is -2.36. The minimum Gasteiger partial charge on any atom is -0.502 e. The Bertz CT molecular complexity index is 811. The van der Waals surface area contributed by atoms with E-state index >= 15 is 0 Å². The number of phenols is 1. The van der Waals surface area contributed by atoms with Crippen molar-refractivity contribution in [2.24, 2.45) is 5.92 Å². The predicted molar refractivity (Wildman–Crippen MR) is 115 cm³/mol. The normalized spacial score (nSPS) is 13.9. The second kappa shape index (κ2) is 9.80. The molecule has 2 atom stereocenters. The molecule has 0 aliphatic carbocycles. The van der Waals surface area contributed by atoms with Gasteiger partial charge in [-0.05, 0) is 54.7 Å². The first-order valence-electron chi connectivity index (χ1n) is 9.65. The number of methoxy groups -OCH3 is 5. The molecule has 7 nitrogen and oxygen atoms in total. The molecule has 2 aromatic carbocycles. The largest absolute Gasteiger partial charge is 0.502 e. The van der Waals surface area contributed by atoms with E-state index in [9.17, 15) is 10.2 Å². The Morgan fingerprint density at radius 3 is 1.60 bits per heavy atom. The van der Waals surface area contributed by atoms with Gasteiger partial charge in [-0.15, -0.1) is 0 Å². The van der Waals surface area contributed by atoms with Crippen molar-refractivity contribution in [3.63, 3.8) is 0 Å². The zero-order valence-corrected chi connectivity index (χ0v) is 18.7. The number of rotatable bonds is 10. The van der Waals surface area contributed by atoms with Gasteiger partial charge in [0, 0.05) is 6.42 Å². The van der Waals surface area contributed by atoms with Crippen molar-refractivity contribution in [3.05, 3.63) is 35.4 Å². The Morgan fingerprint density at radius 1 is 0.767 bits per heavy atom. The highest BCUT2D eigenvalue weighted by Gasteiger charge is 2.30. The van der Waals surface area contributed by atoms with Crippen LogP contribution in [0.2, 0.25) is 0 Å². The number of aromatic hydroxyl groups is 1. The highest BCUT2D eigenvalue weighted by Crippen LogP contribution is 2.41. The van der Waals surface area contributed by atoms with Crippen LogP contribution >= 0.6 is 0 Å². The standard InChI is InChI=1S/C23H32O7/c1-14(8-15-9-17(26-3)21(24)18(10-15)27-4)23(2,25)13-16-11-19(28-5)22(30-7)20(12-16)29-6/h9-12,14,24-25H,8,13H2,1-7H3/t14-,23+/m0/s1. The van der Waals surface area contributed by atoms with Crippen LogP contribution < -0.4 is 23.7 Å². The topological polar surface area (TPSA) is 86.6 Å². The third-order valence-electron chi connectivity index (χ3n) is 5.43. The molecule has 30 heavy (non-hydrogen) atoms. The molecule has 2 aromatic rings. The summed E-state index contributed by atoms with van der Waals surface area (Å²) in [5.74, 6) is 2.11. The second-order valence-corrected chi connectivity index (χ2v) is 7.52. The highest BCUT2D eigenvalue weighted by molar-refractivity contribution is 5.54. The Hall–Kier alpha value is -2.80. The van der Waals surface area contributed by atoms with Gasteiger partial charge in [-0.1, -0.05) is 6.92 Å². The van der Waals surface area contributed by atoms with Crippen molar-refractivity contribution in [2.75, 3.05) is 35.5 Å². The van der Waals surface area contributed by atoms with Gasteiger partial charge in [-0.25, -0.2) is 0 Å². The first-order chi connectivity index (χ1) is 14.2. The number of ether oxygens (including phenoxy) is 5. The summed E-state index contributed by atoms with van der Waals surface area (Å²) in [6.07, 6.45) is 0.946. The van der Waals surface area contributed by atoms with E-state index in [1.54, 1.807) is 40.4 Å². The van der Waals surface area contributed by atoms with Gasteiger partial charge in [0.1, 0.15) is 0 Å². The quantitative estimate of drug-likeness (QED) is 0.607. The van der Waals surface area contributed by atoms with Crippen LogP contribution in [0.25, 0.3) is 0 Å². The molecule has 0 fully saturated rings. The first kappa shape index (κ1) is 23.5. The Labute approximate surface area is 178 Å². The van der Waals surface area contributed by atoms with Gasteiger partial charge in [0.05, 0.1) is 41.2 Å². The minimum absolute atomic E-state index is 0.0411. The van der Waals surface area contributed by atoms with Crippen LogP contribution in [0.1, 0.15) is 25.0 Å². The maximum atomic E-state index is 11.2. The fourth-order valence-corrected chi connectivity index (χ4v) is 3.46. The van der Waals surface area contributed by atoms with E-state index in [1.165, 1.54) is 14.2 Å². The fraction of sp³-hybridized carbons (Fsp3) is 0.478. The lowest BCUT2D eigenvalue weighted by atomic mass is 9.81. The van der Waals surface area contributed by atoms with Crippen LogP contribution in [0.5, 0.6) is 34.5 Å². The molecule has 0 spiro atoms. The zero-order valence-electron chi connectivity index (χ0n) is 18.7. The molecule has 2 rings (SSSR count). The van der Waals surface area contributed by atoms with Gasteiger partial charge in [-0.3, -0.25) is 0 Å². The van der Waals surface area contributed by atoms with Crippen molar-refractivity contribution in [3.8, 4) is 34.5 Å². The fourth-order valence-electron chi connectivity index (χ4n) is 3.46. The molecular weight excluding hydrogens is 388 g/mol. The van der Waals surface area contributed by atoms with Crippen molar-refractivity contribution in [1.82, 2.24) is 0 Å². The molecule has 0 aliphatic rings. The molecule has 0 saturated carbocycles. The molecule has 0 unspecified atom stereocenters. The van der Waals surface area contributed by atoms with E-state index in [0.29, 0.717) is 41.6 Å². The second-order valence-electron chi connectivity index (χ2n) is 7.52. The van der Waals surface area contributed by atoms with Crippen LogP contribution in [0, 0.1) is 5.92 Å². The summed E-state index contributed by atoms with van der Waals surface area (Å²) in [5, 5.41) is 21.3. The maximum absolute atomic E-state index is 11.2. The van der Waals surface area contributed by atoms with Crippen molar-refractivity contribution in [2.45, 2.75) is 32.3 Å². The molecule has 0 radical (unpaired) electrons. The van der Waals surface area contributed by atoms with Gasteiger partial charge < -0.3 is 33.9 Å². The monoisotopic (exact) mass is 420 g/mol. The lowest BCUT2D eigenvalue weighted by molar-refractivity contribution is 0.00659. The summed E-state index contributed by atoms with van der Waals surface area (Å²) in [7, 11) is 7.66. The molecular formula is C23H32O7. The SMILES string of the molecule is COc1cc(C[C@H](C)[C@](C)(O)Cc2cc(OC)c(OC)c(OC)c2)cc(OC)c1O. The van der Waals surface area contributed by atoms with E-state index in [-0.39, 0.29) is 11.7 Å². The van der Waals surface area contributed by atoms with E-state index in [1.807, 2.05) is 19.1 Å². The van der Waals surface area contributed by atoms with E-state index in [2.05, 4.69) is 0 Å². The van der Waals surface area contributed by atoms with Gasteiger partial charge in [0.2, 0.25) is 11.5 Å². The van der Waals surface area contributed by atoms with Crippen molar-refractivity contribution < 1.29 is 33.9 Å².